The van der Waals surface area contributed by atoms with Gasteiger partial charge in [0, 0.05) is 24.5 Å². The van der Waals surface area contributed by atoms with Gasteiger partial charge < -0.3 is 5.73 Å². The maximum absolute atomic E-state index is 12.5. The van der Waals surface area contributed by atoms with Gasteiger partial charge in [0.1, 0.15) is 11.4 Å². The molecule has 0 aromatic carbocycles. The van der Waals surface area contributed by atoms with E-state index in [4.69, 9.17) is 5.73 Å². The highest BCUT2D eigenvalue weighted by Crippen LogP contribution is 2.22. The number of alkyl halides is 4. The Bertz CT molecular complexity index is 805. The van der Waals surface area contributed by atoms with Gasteiger partial charge >= 0.3 is 0 Å². The third kappa shape index (κ3) is 8.45. The van der Waals surface area contributed by atoms with Crippen molar-refractivity contribution in [1.29, 1.82) is 0 Å². The van der Waals surface area contributed by atoms with E-state index in [1.54, 1.807) is 26.0 Å². The number of aromatic nitrogens is 2. The molecule has 0 aliphatic carbocycles. The van der Waals surface area contributed by atoms with Crippen LogP contribution in [-0.4, -0.2) is 18.9 Å². The van der Waals surface area contributed by atoms with Gasteiger partial charge in [-0.05, 0) is 70.0 Å². The van der Waals surface area contributed by atoms with Crippen LogP contribution in [0.3, 0.4) is 0 Å². The van der Waals surface area contributed by atoms with E-state index in [0.717, 1.165) is 0 Å². The first-order valence-electron chi connectivity index (χ1n) is 9.24. The van der Waals surface area contributed by atoms with E-state index in [1.807, 2.05) is 20.8 Å². The molecule has 0 radical (unpaired) electrons. The van der Waals surface area contributed by atoms with Crippen molar-refractivity contribution < 1.29 is 21.8 Å². The third-order valence-electron chi connectivity index (χ3n) is 3.92. The summed E-state index contributed by atoms with van der Waals surface area (Å²) in [5, 5.41) is 0. The van der Waals surface area contributed by atoms with Crippen molar-refractivity contribution in [3.8, 4) is 0 Å². The number of pyridine rings is 2. The summed E-state index contributed by atoms with van der Waals surface area (Å²) in [4.78, 5) is 7.11. The summed E-state index contributed by atoms with van der Waals surface area (Å²) in [6.07, 6.45) is -2.43. The lowest BCUT2D eigenvalue weighted by atomic mass is 10.1. The summed E-state index contributed by atoms with van der Waals surface area (Å²) in [7, 11) is -1.24. The van der Waals surface area contributed by atoms with Gasteiger partial charge in [-0.1, -0.05) is 0 Å². The van der Waals surface area contributed by atoms with Crippen LogP contribution in [0, 0.1) is 0 Å². The van der Waals surface area contributed by atoms with Crippen LogP contribution in [0.2, 0.25) is 0 Å². The second-order valence-corrected chi connectivity index (χ2v) is 9.64. The number of hydrogen-bond donors (Lipinski definition) is 2. The zero-order valence-electron chi connectivity index (χ0n) is 17.6. The fourth-order valence-corrected chi connectivity index (χ4v) is 2.94. The Morgan fingerprint density at radius 1 is 0.933 bits per heavy atom. The summed E-state index contributed by atoms with van der Waals surface area (Å²) in [6, 6.07) is 5.44. The van der Waals surface area contributed by atoms with Crippen molar-refractivity contribution in [2.75, 3.05) is 0 Å². The van der Waals surface area contributed by atoms with E-state index < -0.39 is 28.6 Å². The minimum atomic E-state index is -2.59. The molecule has 0 saturated carbocycles. The Kier molecular flexibility index (Phi) is 9.99. The van der Waals surface area contributed by atoms with Gasteiger partial charge in [-0.2, -0.15) is 0 Å². The smallest absolute Gasteiger partial charge is 0.280 e. The maximum atomic E-state index is 12.5. The molecule has 0 spiro atoms. The molecule has 0 bridgehead atoms. The van der Waals surface area contributed by atoms with Crippen molar-refractivity contribution >= 4 is 11.0 Å². The molecule has 168 valence electrons. The Balaban J connectivity index is 0.000000325. The molecule has 0 aliphatic rings. The van der Waals surface area contributed by atoms with Crippen LogP contribution in [0.4, 0.5) is 17.6 Å². The molecule has 2 unspecified atom stereocenters. The first-order chi connectivity index (χ1) is 13.8. The highest BCUT2D eigenvalue weighted by atomic mass is 32.2. The first-order valence-corrected chi connectivity index (χ1v) is 10.4. The molecular weight excluding hydrogens is 420 g/mol. The lowest BCUT2D eigenvalue weighted by Crippen LogP contribution is -2.34. The first kappa shape index (κ1) is 26.1. The summed E-state index contributed by atoms with van der Waals surface area (Å²) in [5.41, 5.74) is 6.36. The second kappa shape index (κ2) is 11.5. The quantitative estimate of drug-likeness (QED) is 0.598. The second-order valence-electron chi connectivity index (χ2n) is 7.64. The van der Waals surface area contributed by atoms with E-state index in [-0.39, 0.29) is 23.5 Å². The maximum Gasteiger partial charge on any atom is 0.280 e. The molecule has 10 heteroatoms. The normalized spacial score (nSPS) is 14.8. The van der Waals surface area contributed by atoms with Crippen LogP contribution < -0.4 is 10.5 Å². The van der Waals surface area contributed by atoms with Crippen LogP contribution >= 0.6 is 0 Å². The van der Waals surface area contributed by atoms with Gasteiger partial charge in [0.15, 0.2) is 0 Å². The molecule has 3 atom stereocenters. The summed E-state index contributed by atoms with van der Waals surface area (Å²) in [5.74, 6) is 0. The molecule has 0 saturated heterocycles. The Labute approximate surface area is 177 Å². The van der Waals surface area contributed by atoms with Crippen LogP contribution in [0.15, 0.2) is 36.7 Å². The van der Waals surface area contributed by atoms with Crippen LogP contribution in [0.5, 0.6) is 0 Å². The molecule has 30 heavy (non-hydrogen) atoms. The Morgan fingerprint density at radius 3 is 1.77 bits per heavy atom. The standard InChI is InChI=1S/C12H18F2N2OS.C8H10F2N2/c1-8(16-18(17)12(2,3)4)9-5-6-15-10(7-9)11(13)14;1-5(11)6-2-3-12-7(4-6)8(9)10/h5-8,11,16H,1-4H3;2-5,8H,11H2,1H3/t8?,18-;/m1./s1. The minimum absolute atomic E-state index is 0.218. The average molecular weight is 449 g/mol. The largest absolute Gasteiger partial charge is 0.324 e. The zero-order valence-corrected chi connectivity index (χ0v) is 18.4. The summed E-state index contributed by atoms with van der Waals surface area (Å²) < 4.78 is 63.7. The van der Waals surface area contributed by atoms with Crippen LogP contribution in [0.25, 0.3) is 0 Å². The molecule has 2 aromatic heterocycles. The molecule has 5 nitrogen and oxygen atoms in total. The average Bonchev–Trinajstić information content (AvgIpc) is 2.67. The topological polar surface area (TPSA) is 80.9 Å². The molecular formula is C20H28F4N4OS. The van der Waals surface area contributed by atoms with Crippen molar-refractivity contribution in [2.45, 2.75) is 64.3 Å². The summed E-state index contributed by atoms with van der Waals surface area (Å²) in [6.45, 7) is 9.07. The van der Waals surface area contributed by atoms with Gasteiger partial charge in [0.05, 0.1) is 15.7 Å². The lowest BCUT2D eigenvalue weighted by molar-refractivity contribution is 0.145. The number of nitrogens with one attached hydrogen (secondary N) is 1. The number of nitrogens with two attached hydrogens (primary N) is 1. The Hall–Kier alpha value is -1.91. The SMILES string of the molecule is CC(N)c1ccnc(C(F)F)c1.CC(N[S@](=O)C(C)(C)C)c1ccnc(C(F)F)c1. The highest BCUT2D eigenvalue weighted by molar-refractivity contribution is 7.84. The number of halogens is 4. The van der Waals surface area contributed by atoms with Gasteiger partial charge in [0.2, 0.25) is 0 Å². The van der Waals surface area contributed by atoms with Gasteiger partial charge in [-0.3, -0.25) is 9.97 Å². The van der Waals surface area contributed by atoms with Crippen molar-refractivity contribution in [2.24, 2.45) is 5.73 Å². The predicted octanol–water partition coefficient (Wildman–Crippen LogP) is 5.17. The van der Waals surface area contributed by atoms with Gasteiger partial charge in [0.25, 0.3) is 12.9 Å². The third-order valence-corrected chi connectivity index (χ3v) is 5.60. The molecule has 2 heterocycles. The lowest BCUT2D eigenvalue weighted by Gasteiger charge is -2.22. The number of rotatable bonds is 6. The van der Waals surface area contributed by atoms with E-state index in [1.165, 1.54) is 24.5 Å². The zero-order chi connectivity index (χ0) is 23.1. The fourth-order valence-electron chi connectivity index (χ4n) is 2.13. The van der Waals surface area contributed by atoms with Crippen molar-refractivity contribution in [3.63, 3.8) is 0 Å². The van der Waals surface area contributed by atoms with Crippen LogP contribution in [0.1, 0.15) is 82.1 Å². The Morgan fingerprint density at radius 2 is 1.37 bits per heavy atom. The van der Waals surface area contributed by atoms with Crippen molar-refractivity contribution in [3.05, 3.63) is 59.2 Å². The monoisotopic (exact) mass is 448 g/mol. The molecule has 0 aliphatic heterocycles. The summed E-state index contributed by atoms with van der Waals surface area (Å²) >= 11 is 0. The van der Waals surface area contributed by atoms with Crippen LogP contribution in [-0.2, 0) is 11.0 Å². The van der Waals surface area contributed by atoms with E-state index in [9.17, 15) is 21.8 Å². The van der Waals surface area contributed by atoms with Gasteiger partial charge in [-0.25, -0.2) is 26.5 Å². The fraction of sp³-hybridized carbons (Fsp3) is 0.500. The van der Waals surface area contributed by atoms with E-state index >= 15 is 0 Å². The van der Waals surface area contributed by atoms with Gasteiger partial charge in [-0.15, -0.1) is 0 Å². The predicted molar refractivity (Wildman–Crippen MR) is 110 cm³/mol. The molecule has 2 rings (SSSR count). The molecule has 0 fully saturated rings. The van der Waals surface area contributed by atoms with E-state index in [0.29, 0.717) is 11.1 Å². The minimum Gasteiger partial charge on any atom is -0.324 e. The molecule has 2 aromatic rings. The molecule has 0 amide bonds. The van der Waals surface area contributed by atoms with E-state index in [2.05, 4.69) is 14.7 Å². The highest BCUT2D eigenvalue weighted by Gasteiger charge is 2.22. The number of hydrogen-bond acceptors (Lipinski definition) is 4. The number of nitrogens with zero attached hydrogens (tertiary/aromatic N) is 2. The molecule has 3 N–H and O–H groups in total. The van der Waals surface area contributed by atoms with Crippen molar-refractivity contribution in [1.82, 2.24) is 14.7 Å².